The maximum Gasteiger partial charge on any atom is 0.510 e. The standard InChI is InChI=1S/C6H12O6S/c1-5(2)12-6(7)10-4-11-13(3,8)9/h5H,4H2,1-3H3. The fraction of sp³-hybridized carbons (Fsp3) is 0.833. The maximum atomic E-state index is 10.6. The quantitative estimate of drug-likeness (QED) is 0.383. The highest BCUT2D eigenvalue weighted by atomic mass is 32.2. The summed E-state index contributed by atoms with van der Waals surface area (Å²) in [6, 6.07) is 0. The molecule has 0 saturated carbocycles. The maximum absolute atomic E-state index is 10.6. The van der Waals surface area contributed by atoms with E-state index < -0.39 is 23.1 Å². The lowest BCUT2D eigenvalue weighted by Gasteiger charge is -2.07. The molecular weight excluding hydrogens is 200 g/mol. The Hall–Kier alpha value is -0.820. The zero-order valence-electron chi connectivity index (χ0n) is 7.64. The van der Waals surface area contributed by atoms with Crippen molar-refractivity contribution in [3.63, 3.8) is 0 Å². The average Bonchev–Trinajstić information content (AvgIpc) is 1.81. The zero-order valence-corrected chi connectivity index (χ0v) is 8.46. The van der Waals surface area contributed by atoms with Crippen LogP contribution in [0.25, 0.3) is 0 Å². The van der Waals surface area contributed by atoms with Crippen molar-refractivity contribution in [2.75, 3.05) is 13.0 Å². The first kappa shape index (κ1) is 12.2. The van der Waals surface area contributed by atoms with Gasteiger partial charge in [-0.3, -0.25) is 0 Å². The average molecular weight is 212 g/mol. The van der Waals surface area contributed by atoms with E-state index >= 15 is 0 Å². The molecule has 0 fully saturated rings. The van der Waals surface area contributed by atoms with Crippen LogP contribution in [0.15, 0.2) is 0 Å². The minimum Gasteiger partial charge on any atom is -0.432 e. The lowest BCUT2D eigenvalue weighted by atomic mass is 10.5. The molecule has 0 aliphatic heterocycles. The van der Waals surface area contributed by atoms with Gasteiger partial charge in [-0.05, 0) is 13.8 Å². The van der Waals surface area contributed by atoms with Crippen molar-refractivity contribution in [3.05, 3.63) is 0 Å². The SMILES string of the molecule is CC(C)OC(=O)OCOS(C)(=O)=O. The molecule has 0 aliphatic rings. The van der Waals surface area contributed by atoms with Crippen molar-refractivity contribution in [2.45, 2.75) is 20.0 Å². The molecule has 0 radical (unpaired) electrons. The van der Waals surface area contributed by atoms with Crippen LogP contribution in [0.1, 0.15) is 13.8 Å². The van der Waals surface area contributed by atoms with Gasteiger partial charge in [-0.15, -0.1) is 0 Å². The molecular formula is C6H12O6S. The Bertz CT molecular complexity index is 254. The highest BCUT2D eigenvalue weighted by molar-refractivity contribution is 7.85. The van der Waals surface area contributed by atoms with Crippen molar-refractivity contribution < 1.29 is 26.9 Å². The summed E-state index contributed by atoms with van der Waals surface area (Å²) < 4.78 is 33.7. The van der Waals surface area contributed by atoms with E-state index in [0.29, 0.717) is 0 Å². The van der Waals surface area contributed by atoms with Gasteiger partial charge in [0.2, 0.25) is 6.79 Å². The molecule has 0 unspecified atom stereocenters. The van der Waals surface area contributed by atoms with Crippen LogP contribution in [-0.4, -0.2) is 33.7 Å². The molecule has 0 bridgehead atoms. The molecule has 0 aromatic heterocycles. The molecule has 0 rings (SSSR count). The van der Waals surface area contributed by atoms with Gasteiger partial charge in [0.1, 0.15) is 0 Å². The third kappa shape index (κ3) is 9.09. The van der Waals surface area contributed by atoms with E-state index in [1.165, 1.54) is 0 Å². The minimum absolute atomic E-state index is 0.314. The summed E-state index contributed by atoms with van der Waals surface area (Å²) in [5.74, 6) is 0. The van der Waals surface area contributed by atoms with Crippen LogP contribution >= 0.6 is 0 Å². The zero-order chi connectivity index (χ0) is 10.5. The van der Waals surface area contributed by atoms with Crippen molar-refractivity contribution in [1.82, 2.24) is 0 Å². The van der Waals surface area contributed by atoms with Crippen LogP contribution in [0, 0.1) is 0 Å². The lowest BCUT2D eigenvalue weighted by Crippen LogP contribution is -2.16. The smallest absolute Gasteiger partial charge is 0.432 e. The van der Waals surface area contributed by atoms with Crippen molar-refractivity contribution in [1.29, 1.82) is 0 Å². The molecule has 0 aliphatic carbocycles. The number of carbonyl (C=O) groups is 1. The van der Waals surface area contributed by atoms with Crippen LogP contribution in [0.5, 0.6) is 0 Å². The van der Waals surface area contributed by atoms with Crippen molar-refractivity contribution >= 4 is 16.3 Å². The molecule has 0 amide bonds. The molecule has 0 aromatic carbocycles. The van der Waals surface area contributed by atoms with Gasteiger partial charge >= 0.3 is 6.16 Å². The molecule has 13 heavy (non-hydrogen) atoms. The monoisotopic (exact) mass is 212 g/mol. The van der Waals surface area contributed by atoms with Crippen LogP contribution in [0.2, 0.25) is 0 Å². The number of ether oxygens (including phenoxy) is 2. The van der Waals surface area contributed by atoms with Gasteiger partial charge in [0, 0.05) is 0 Å². The summed E-state index contributed by atoms with van der Waals surface area (Å²) in [5.41, 5.74) is 0. The fourth-order valence-electron chi connectivity index (χ4n) is 0.386. The van der Waals surface area contributed by atoms with E-state index in [4.69, 9.17) is 0 Å². The molecule has 0 atom stereocenters. The summed E-state index contributed by atoms with van der Waals surface area (Å²) in [6.45, 7) is 2.61. The van der Waals surface area contributed by atoms with Crippen molar-refractivity contribution in [2.24, 2.45) is 0 Å². The molecule has 0 spiro atoms. The van der Waals surface area contributed by atoms with E-state index in [2.05, 4.69) is 13.7 Å². The fourth-order valence-corrected chi connectivity index (χ4v) is 0.609. The minimum atomic E-state index is -3.58. The Morgan fingerprint density at radius 2 is 1.92 bits per heavy atom. The van der Waals surface area contributed by atoms with Gasteiger partial charge in [0.05, 0.1) is 12.4 Å². The first-order chi connectivity index (χ1) is 5.81. The Kier molecular flexibility index (Phi) is 4.71. The molecule has 7 heteroatoms. The van der Waals surface area contributed by atoms with Gasteiger partial charge in [-0.25, -0.2) is 8.98 Å². The first-order valence-corrected chi connectivity index (χ1v) is 5.30. The Labute approximate surface area is 76.9 Å². The van der Waals surface area contributed by atoms with E-state index in [9.17, 15) is 13.2 Å². The highest BCUT2D eigenvalue weighted by Crippen LogP contribution is 1.94. The second-order valence-corrected chi connectivity index (χ2v) is 4.14. The number of hydrogen-bond acceptors (Lipinski definition) is 6. The van der Waals surface area contributed by atoms with Gasteiger partial charge in [-0.1, -0.05) is 0 Å². The topological polar surface area (TPSA) is 78.9 Å². The normalized spacial score (nSPS) is 11.4. The van der Waals surface area contributed by atoms with Gasteiger partial charge in [0.15, 0.2) is 0 Å². The van der Waals surface area contributed by atoms with Crippen LogP contribution in [-0.2, 0) is 23.8 Å². The number of rotatable bonds is 4. The number of carbonyl (C=O) groups excluding carboxylic acids is 1. The summed E-state index contributed by atoms with van der Waals surface area (Å²) >= 11 is 0. The Morgan fingerprint density at radius 3 is 2.31 bits per heavy atom. The predicted octanol–water partition coefficient (Wildman–Crippen LogP) is 0.482. The molecule has 0 aromatic rings. The third-order valence-electron chi connectivity index (χ3n) is 0.771. The number of hydrogen-bond donors (Lipinski definition) is 0. The summed E-state index contributed by atoms with van der Waals surface area (Å²) in [6.07, 6.45) is -0.422. The van der Waals surface area contributed by atoms with Gasteiger partial charge in [0.25, 0.3) is 10.1 Å². The van der Waals surface area contributed by atoms with Crippen LogP contribution in [0.3, 0.4) is 0 Å². The van der Waals surface area contributed by atoms with Gasteiger partial charge in [-0.2, -0.15) is 8.42 Å². The summed E-state index contributed by atoms with van der Waals surface area (Å²) in [7, 11) is -3.58. The third-order valence-corrected chi connectivity index (χ3v) is 1.30. The Morgan fingerprint density at radius 1 is 1.38 bits per heavy atom. The Balaban J connectivity index is 3.61. The van der Waals surface area contributed by atoms with E-state index in [1.807, 2.05) is 0 Å². The van der Waals surface area contributed by atoms with E-state index in [0.717, 1.165) is 6.26 Å². The van der Waals surface area contributed by atoms with E-state index in [1.54, 1.807) is 13.8 Å². The highest BCUT2D eigenvalue weighted by Gasteiger charge is 2.08. The van der Waals surface area contributed by atoms with Crippen LogP contribution in [0.4, 0.5) is 4.79 Å². The molecule has 0 saturated heterocycles. The summed E-state index contributed by atoms with van der Waals surface area (Å²) in [5, 5.41) is 0. The molecule has 0 heterocycles. The van der Waals surface area contributed by atoms with E-state index in [-0.39, 0.29) is 6.10 Å². The largest absolute Gasteiger partial charge is 0.510 e. The lowest BCUT2D eigenvalue weighted by molar-refractivity contribution is -0.00562. The first-order valence-electron chi connectivity index (χ1n) is 3.49. The molecule has 6 nitrogen and oxygen atoms in total. The van der Waals surface area contributed by atoms with Crippen molar-refractivity contribution in [3.8, 4) is 0 Å². The molecule has 78 valence electrons. The molecule has 0 N–H and O–H groups in total. The van der Waals surface area contributed by atoms with Crippen LogP contribution < -0.4 is 0 Å². The second-order valence-electron chi connectivity index (χ2n) is 2.50. The summed E-state index contributed by atoms with van der Waals surface area (Å²) in [4.78, 5) is 10.6. The van der Waals surface area contributed by atoms with Gasteiger partial charge < -0.3 is 9.47 Å². The second kappa shape index (κ2) is 5.03. The predicted molar refractivity (Wildman–Crippen MR) is 43.5 cm³/mol.